The van der Waals surface area contributed by atoms with Gasteiger partial charge in [-0.2, -0.15) is 0 Å². The summed E-state index contributed by atoms with van der Waals surface area (Å²) in [6.45, 7) is 3.91. The van der Waals surface area contributed by atoms with Gasteiger partial charge in [0.1, 0.15) is 24.6 Å². The molecule has 2 amide bonds. The van der Waals surface area contributed by atoms with E-state index in [-0.39, 0.29) is 17.4 Å². The zero-order valence-corrected chi connectivity index (χ0v) is 17.8. The lowest BCUT2D eigenvalue weighted by atomic mass is 9.86. The number of amides is 2. The lowest BCUT2D eigenvalue weighted by Crippen LogP contribution is -2.64. The van der Waals surface area contributed by atoms with Crippen molar-refractivity contribution in [3.63, 3.8) is 0 Å². The van der Waals surface area contributed by atoms with Crippen LogP contribution in [0.25, 0.3) is 0 Å². The number of nitrogens with zero attached hydrogens (tertiary/aromatic N) is 1. The van der Waals surface area contributed by atoms with Gasteiger partial charge in [0, 0.05) is 18.4 Å². The zero-order valence-electron chi connectivity index (χ0n) is 17.8. The number of benzene rings is 2. The summed E-state index contributed by atoms with van der Waals surface area (Å²) in [5, 5.41) is 2.92. The van der Waals surface area contributed by atoms with Gasteiger partial charge in [0.15, 0.2) is 11.5 Å². The van der Waals surface area contributed by atoms with Crippen LogP contribution in [-0.4, -0.2) is 56.0 Å². The molecule has 1 atom stereocenters. The first-order valence-corrected chi connectivity index (χ1v) is 11.0. The van der Waals surface area contributed by atoms with Crippen molar-refractivity contribution in [1.82, 2.24) is 4.90 Å². The van der Waals surface area contributed by atoms with Crippen LogP contribution in [0.1, 0.15) is 18.4 Å². The molecule has 7 nitrogen and oxygen atoms in total. The summed E-state index contributed by atoms with van der Waals surface area (Å²) in [5.41, 5.74) is 1.28. The van der Waals surface area contributed by atoms with Crippen LogP contribution in [0.2, 0.25) is 0 Å². The molecule has 1 spiro atoms. The fourth-order valence-electron chi connectivity index (χ4n) is 4.53. The monoisotopic (exact) mass is 442 g/mol. The number of carbonyl (C=O) groups is 1. The van der Waals surface area contributed by atoms with Gasteiger partial charge in [-0.15, -0.1) is 0 Å². The van der Waals surface area contributed by atoms with Crippen LogP contribution in [0.15, 0.2) is 42.5 Å². The van der Waals surface area contributed by atoms with Crippen molar-refractivity contribution >= 4 is 11.7 Å². The molecule has 0 aliphatic carbocycles. The van der Waals surface area contributed by atoms with Gasteiger partial charge in [0.05, 0.1) is 26.3 Å². The summed E-state index contributed by atoms with van der Waals surface area (Å²) < 4.78 is 36.1. The van der Waals surface area contributed by atoms with E-state index in [1.165, 1.54) is 12.1 Å². The maximum atomic E-state index is 13.2. The van der Waals surface area contributed by atoms with Gasteiger partial charge in [-0.25, -0.2) is 9.18 Å². The second kappa shape index (κ2) is 8.96. The second-order valence-electron chi connectivity index (χ2n) is 8.68. The van der Waals surface area contributed by atoms with E-state index in [2.05, 4.69) is 5.32 Å². The van der Waals surface area contributed by atoms with Crippen LogP contribution in [0, 0.1) is 11.7 Å². The van der Waals surface area contributed by atoms with Gasteiger partial charge in [-0.05, 0) is 48.6 Å². The molecule has 3 heterocycles. The Morgan fingerprint density at radius 1 is 1.16 bits per heavy atom. The number of carbonyl (C=O) groups excluding carboxylic acids is 1. The molecule has 0 saturated carbocycles. The first kappa shape index (κ1) is 21.0. The Hall–Kier alpha value is -2.84. The number of halogens is 1. The van der Waals surface area contributed by atoms with E-state index in [1.807, 2.05) is 18.2 Å². The highest BCUT2D eigenvalue weighted by atomic mass is 19.1. The summed E-state index contributed by atoms with van der Waals surface area (Å²) in [6.07, 6.45) is 1.81. The standard InChI is InChI=1S/C24H27FN2O5/c25-19-3-1-2-17(10-19)13-29-7-6-18-12-24(32-14-18)15-27(16-24)23(28)26-20-4-5-21-22(11-20)31-9-8-30-21/h1-5,10-11,18H,6-9,12-16H2,(H,26,28). The van der Waals surface area contributed by atoms with Gasteiger partial charge >= 0.3 is 6.03 Å². The molecule has 0 aromatic heterocycles. The van der Waals surface area contributed by atoms with Gasteiger partial charge in [-0.3, -0.25) is 0 Å². The van der Waals surface area contributed by atoms with Crippen molar-refractivity contribution in [2.75, 3.05) is 44.8 Å². The third-order valence-electron chi connectivity index (χ3n) is 6.15. The third kappa shape index (κ3) is 4.66. The fraction of sp³-hybridized carbons (Fsp3) is 0.458. The molecule has 170 valence electrons. The fourth-order valence-corrected chi connectivity index (χ4v) is 4.53. The molecule has 8 heteroatoms. The first-order valence-electron chi connectivity index (χ1n) is 11.0. The molecule has 1 N–H and O–H groups in total. The number of nitrogens with one attached hydrogen (secondary N) is 1. The summed E-state index contributed by atoms with van der Waals surface area (Å²) in [6, 6.07) is 11.7. The van der Waals surface area contributed by atoms with E-state index in [0.717, 1.165) is 18.4 Å². The average molecular weight is 442 g/mol. The molecule has 2 saturated heterocycles. The first-order chi connectivity index (χ1) is 15.6. The van der Waals surface area contributed by atoms with Crippen molar-refractivity contribution in [2.24, 2.45) is 5.92 Å². The van der Waals surface area contributed by atoms with Crippen LogP contribution in [0.5, 0.6) is 11.5 Å². The lowest BCUT2D eigenvalue weighted by molar-refractivity contribution is -0.0894. The van der Waals surface area contributed by atoms with Crippen LogP contribution >= 0.6 is 0 Å². The number of hydrogen-bond donors (Lipinski definition) is 1. The number of likely N-dealkylation sites (tertiary alicyclic amines) is 1. The molecule has 2 aromatic carbocycles. The maximum absolute atomic E-state index is 13.2. The average Bonchev–Trinajstić information content (AvgIpc) is 3.20. The van der Waals surface area contributed by atoms with Gasteiger partial charge in [0.2, 0.25) is 0 Å². The predicted molar refractivity (Wildman–Crippen MR) is 115 cm³/mol. The normalized spacial score (nSPS) is 20.8. The summed E-state index contributed by atoms with van der Waals surface area (Å²) >= 11 is 0. The number of rotatable bonds is 6. The molecule has 3 aliphatic rings. The number of urea groups is 1. The summed E-state index contributed by atoms with van der Waals surface area (Å²) in [7, 11) is 0. The molecular weight excluding hydrogens is 415 g/mol. The molecule has 2 aromatic rings. The topological polar surface area (TPSA) is 69.3 Å². The molecule has 3 aliphatic heterocycles. The summed E-state index contributed by atoms with van der Waals surface area (Å²) in [5.74, 6) is 1.51. The minimum atomic E-state index is -0.246. The molecule has 5 rings (SSSR count). The molecule has 0 radical (unpaired) electrons. The van der Waals surface area contributed by atoms with Crippen LogP contribution < -0.4 is 14.8 Å². The minimum absolute atomic E-state index is 0.141. The van der Waals surface area contributed by atoms with Gasteiger partial charge in [-0.1, -0.05) is 12.1 Å². The second-order valence-corrected chi connectivity index (χ2v) is 8.68. The molecule has 2 fully saturated rings. The van der Waals surface area contributed by atoms with Gasteiger partial charge in [0.25, 0.3) is 0 Å². The third-order valence-corrected chi connectivity index (χ3v) is 6.15. The van der Waals surface area contributed by atoms with Crippen molar-refractivity contribution in [2.45, 2.75) is 25.0 Å². The van der Waals surface area contributed by atoms with E-state index in [9.17, 15) is 9.18 Å². The Morgan fingerprint density at radius 3 is 2.84 bits per heavy atom. The molecular formula is C24H27FN2O5. The zero-order chi connectivity index (χ0) is 22.0. The van der Waals surface area contributed by atoms with E-state index < -0.39 is 0 Å². The van der Waals surface area contributed by atoms with Crippen LogP contribution in [-0.2, 0) is 16.1 Å². The Kier molecular flexibility index (Phi) is 5.89. The predicted octanol–water partition coefficient (Wildman–Crippen LogP) is 3.83. The number of fused-ring (bicyclic) bond motifs is 1. The van der Waals surface area contributed by atoms with Gasteiger partial charge < -0.3 is 29.2 Å². The molecule has 0 bridgehead atoms. The Balaban J connectivity index is 1.03. The number of ether oxygens (including phenoxy) is 4. The quantitative estimate of drug-likeness (QED) is 0.689. The Labute approximate surface area is 186 Å². The highest BCUT2D eigenvalue weighted by Crippen LogP contribution is 2.39. The highest BCUT2D eigenvalue weighted by Gasteiger charge is 2.51. The van der Waals surface area contributed by atoms with Crippen molar-refractivity contribution in [1.29, 1.82) is 0 Å². The smallest absolute Gasteiger partial charge is 0.322 e. The molecule has 32 heavy (non-hydrogen) atoms. The van der Waals surface area contributed by atoms with E-state index >= 15 is 0 Å². The van der Waals surface area contributed by atoms with E-state index in [4.69, 9.17) is 18.9 Å². The van der Waals surface area contributed by atoms with Crippen molar-refractivity contribution in [3.05, 3.63) is 53.8 Å². The van der Waals surface area contributed by atoms with Crippen LogP contribution in [0.3, 0.4) is 0 Å². The number of anilines is 1. The van der Waals surface area contributed by atoms with Crippen molar-refractivity contribution in [3.8, 4) is 11.5 Å². The van der Waals surface area contributed by atoms with E-state index in [1.54, 1.807) is 17.0 Å². The SMILES string of the molecule is O=C(Nc1ccc2c(c1)OCCO2)N1CC2(CC(CCOCc3cccc(F)c3)CO2)C1. The lowest BCUT2D eigenvalue weighted by Gasteiger charge is -2.46. The highest BCUT2D eigenvalue weighted by molar-refractivity contribution is 5.90. The largest absolute Gasteiger partial charge is 0.486 e. The van der Waals surface area contributed by atoms with Crippen LogP contribution in [0.4, 0.5) is 14.9 Å². The summed E-state index contributed by atoms with van der Waals surface area (Å²) in [4.78, 5) is 14.4. The minimum Gasteiger partial charge on any atom is -0.486 e. The van der Waals surface area contributed by atoms with Crippen molar-refractivity contribution < 1.29 is 28.1 Å². The number of hydrogen-bond acceptors (Lipinski definition) is 5. The maximum Gasteiger partial charge on any atom is 0.322 e. The Bertz CT molecular complexity index is 979. The molecule has 1 unspecified atom stereocenters. The Morgan fingerprint density at radius 2 is 2.00 bits per heavy atom. The van der Waals surface area contributed by atoms with E-state index in [0.29, 0.717) is 69.2 Å².